The number of hydrogen-bond acceptors (Lipinski definition) is 3. The Morgan fingerprint density at radius 3 is 2.63 bits per heavy atom. The molecular weight excluding hydrogens is 240 g/mol. The van der Waals surface area contributed by atoms with Crippen molar-refractivity contribution in [3.8, 4) is 11.8 Å². The third-order valence-electron chi connectivity index (χ3n) is 2.73. The van der Waals surface area contributed by atoms with Gasteiger partial charge in [0.25, 0.3) is 0 Å². The minimum atomic E-state index is -0.327. The molecule has 3 nitrogen and oxygen atoms in total. The van der Waals surface area contributed by atoms with Gasteiger partial charge in [0.2, 0.25) is 0 Å². The summed E-state index contributed by atoms with van der Waals surface area (Å²) in [6, 6.07) is 9.74. The highest BCUT2D eigenvalue weighted by molar-refractivity contribution is 5.66. The van der Waals surface area contributed by atoms with Crippen LogP contribution in [0.3, 0.4) is 0 Å². The zero-order valence-corrected chi connectivity index (χ0v) is 11.0. The number of carbonyl (C=O) groups is 1. The van der Waals surface area contributed by atoms with Crippen molar-refractivity contribution < 1.29 is 14.3 Å². The molecule has 1 heterocycles. The number of esters is 1. The summed E-state index contributed by atoms with van der Waals surface area (Å²) in [5.41, 5.74) is 0.953. The lowest BCUT2D eigenvalue weighted by Gasteiger charge is -2.27. The standard InChI is InChI=1S/C16H16O3/c1-12-16(19-13(2)17)11-10-15(18-12)9-8-14-6-4-3-5-7-14/h3-7,10-12,15-16H,1-2H3/t12-,15-,16+/m0/s1. The zero-order valence-electron chi connectivity index (χ0n) is 11.0. The molecule has 0 fully saturated rings. The first-order chi connectivity index (χ1) is 9.15. The van der Waals surface area contributed by atoms with Crippen molar-refractivity contribution in [3.05, 3.63) is 48.0 Å². The molecule has 19 heavy (non-hydrogen) atoms. The van der Waals surface area contributed by atoms with E-state index in [4.69, 9.17) is 9.47 Å². The third-order valence-corrected chi connectivity index (χ3v) is 2.73. The van der Waals surface area contributed by atoms with E-state index >= 15 is 0 Å². The number of ether oxygens (including phenoxy) is 2. The lowest BCUT2D eigenvalue weighted by Crippen LogP contribution is -2.35. The van der Waals surface area contributed by atoms with Crippen molar-refractivity contribution in [2.45, 2.75) is 32.2 Å². The Morgan fingerprint density at radius 2 is 2.00 bits per heavy atom. The second kappa shape index (κ2) is 6.21. The highest BCUT2D eigenvalue weighted by atomic mass is 16.6. The maximum atomic E-state index is 10.9. The summed E-state index contributed by atoms with van der Waals surface area (Å²) in [5.74, 6) is 5.79. The van der Waals surface area contributed by atoms with E-state index in [1.807, 2.05) is 49.4 Å². The summed E-state index contributed by atoms with van der Waals surface area (Å²) < 4.78 is 10.8. The van der Waals surface area contributed by atoms with Crippen molar-refractivity contribution in [2.75, 3.05) is 0 Å². The topological polar surface area (TPSA) is 35.5 Å². The van der Waals surface area contributed by atoms with Crippen LogP contribution in [0.2, 0.25) is 0 Å². The van der Waals surface area contributed by atoms with Gasteiger partial charge in [0.1, 0.15) is 12.2 Å². The van der Waals surface area contributed by atoms with Gasteiger partial charge < -0.3 is 9.47 Å². The molecule has 1 aromatic rings. The molecule has 1 aliphatic heterocycles. The largest absolute Gasteiger partial charge is 0.456 e. The summed E-state index contributed by atoms with van der Waals surface area (Å²) >= 11 is 0. The molecule has 1 aromatic carbocycles. The van der Waals surface area contributed by atoms with Crippen molar-refractivity contribution in [1.82, 2.24) is 0 Å². The van der Waals surface area contributed by atoms with Gasteiger partial charge >= 0.3 is 5.97 Å². The molecule has 0 spiro atoms. The number of hydrogen-bond donors (Lipinski definition) is 0. The molecule has 0 radical (unpaired) electrons. The van der Waals surface area contributed by atoms with Gasteiger partial charge in [-0.25, -0.2) is 0 Å². The SMILES string of the molecule is CC(=O)O[C@@H]1C=C[C@H](C#Cc2ccccc2)O[C@H]1C. The first-order valence-electron chi connectivity index (χ1n) is 6.23. The molecule has 0 saturated carbocycles. The van der Waals surface area contributed by atoms with Crippen molar-refractivity contribution >= 4 is 5.97 Å². The van der Waals surface area contributed by atoms with Gasteiger partial charge in [0.05, 0.1) is 6.10 Å². The molecule has 0 saturated heterocycles. The summed E-state index contributed by atoms with van der Waals surface area (Å²) in [5, 5.41) is 0. The van der Waals surface area contributed by atoms with Crippen LogP contribution in [0.1, 0.15) is 19.4 Å². The first kappa shape index (κ1) is 13.4. The molecule has 0 unspecified atom stereocenters. The van der Waals surface area contributed by atoms with E-state index in [1.54, 1.807) is 0 Å². The minimum absolute atomic E-state index is 0.191. The fourth-order valence-corrected chi connectivity index (χ4v) is 1.81. The van der Waals surface area contributed by atoms with Gasteiger partial charge in [0.15, 0.2) is 0 Å². The van der Waals surface area contributed by atoms with Crippen LogP contribution in [-0.4, -0.2) is 24.3 Å². The summed E-state index contributed by atoms with van der Waals surface area (Å²) in [7, 11) is 0. The van der Waals surface area contributed by atoms with Crippen LogP contribution in [0.5, 0.6) is 0 Å². The number of benzene rings is 1. The molecule has 3 heteroatoms. The van der Waals surface area contributed by atoms with Crippen LogP contribution < -0.4 is 0 Å². The van der Waals surface area contributed by atoms with Crippen LogP contribution in [0, 0.1) is 11.8 Å². The first-order valence-corrected chi connectivity index (χ1v) is 6.23. The van der Waals surface area contributed by atoms with E-state index in [2.05, 4.69) is 11.8 Å². The fraction of sp³-hybridized carbons (Fsp3) is 0.312. The Hall–Kier alpha value is -2.05. The van der Waals surface area contributed by atoms with Gasteiger partial charge in [-0.3, -0.25) is 4.79 Å². The Kier molecular flexibility index (Phi) is 4.38. The molecule has 0 amide bonds. The third kappa shape index (κ3) is 3.97. The summed E-state index contributed by atoms with van der Waals surface area (Å²) in [4.78, 5) is 10.9. The van der Waals surface area contributed by atoms with Gasteiger partial charge in [-0.1, -0.05) is 30.0 Å². The lowest BCUT2D eigenvalue weighted by molar-refractivity contribution is -0.151. The Balaban J connectivity index is 2.02. The van der Waals surface area contributed by atoms with Crippen molar-refractivity contribution in [2.24, 2.45) is 0 Å². The second-order valence-electron chi connectivity index (χ2n) is 4.36. The van der Waals surface area contributed by atoms with E-state index in [9.17, 15) is 4.79 Å². The molecule has 3 atom stereocenters. The van der Waals surface area contributed by atoms with E-state index in [0.717, 1.165) is 5.56 Å². The van der Waals surface area contributed by atoms with Gasteiger partial charge in [-0.15, -0.1) is 0 Å². The predicted octanol–water partition coefficient (Wildman–Crippen LogP) is 2.31. The van der Waals surface area contributed by atoms with Crippen LogP contribution in [0.4, 0.5) is 0 Å². The number of rotatable bonds is 1. The average molecular weight is 256 g/mol. The van der Waals surface area contributed by atoms with Gasteiger partial charge in [-0.2, -0.15) is 0 Å². The van der Waals surface area contributed by atoms with Gasteiger partial charge in [-0.05, 0) is 31.2 Å². The van der Waals surface area contributed by atoms with Gasteiger partial charge in [0, 0.05) is 12.5 Å². The Morgan fingerprint density at radius 1 is 1.26 bits per heavy atom. The van der Waals surface area contributed by atoms with E-state index in [0.29, 0.717) is 0 Å². The van der Waals surface area contributed by atoms with Crippen LogP contribution >= 0.6 is 0 Å². The smallest absolute Gasteiger partial charge is 0.303 e. The summed E-state index contributed by atoms with van der Waals surface area (Å²) in [6.07, 6.45) is 2.88. The number of carbonyl (C=O) groups excluding carboxylic acids is 1. The van der Waals surface area contributed by atoms with Crippen LogP contribution in [-0.2, 0) is 14.3 Å². The maximum Gasteiger partial charge on any atom is 0.303 e. The predicted molar refractivity (Wildman–Crippen MR) is 72.3 cm³/mol. The van der Waals surface area contributed by atoms with Crippen LogP contribution in [0.25, 0.3) is 0 Å². The molecule has 0 aliphatic carbocycles. The highest BCUT2D eigenvalue weighted by Gasteiger charge is 2.24. The Labute approximate surface area is 113 Å². The minimum Gasteiger partial charge on any atom is -0.456 e. The van der Waals surface area contributed by atoms with Crippen molar-refractivity contribution in [3.63, 3.8) is 0 Å². The van der Waals surface area contributed by atoms with Crippen molar-refractivity contribution in [1.29, 1.82) is 0 Å². The maximum absolute atomic E-state index is 10.9. The second-order valence-corrected chi connectivity index (χ2v) is 4.36. The van der Waals surface area contributed by atoms with Crippen LogP contribution in [0.15, 0.2) is 42.5 Å². The molecule has 1 aliphatic rings. The van der Waals surface area contributed by atoms with E-state index < -0.39 is 0 Å². The normalized spacial score (nSPS) is 25.3. The molecule has 0 aromatic heterocycles. The quantitative estimate of drug-likeness (QED) is 0.439. The van der Waals surface area contributed by atoms with E-state index in [-0.39, 0.29) is 24.3 Å². The monoisotopic (exact) mass is 256 g/mol. The zero-order chi connectivity index (χ0) is 13.7. The highest BCUT2D eigenvalue weighted by Crippen LogP contribution is 2.15. The summed E-state index contributed by atoms with van der Waals surface area (Å²) in [6.45, 7) is 3.26. The molecule has 2 rings (SSSR count). The van der Waals surface area contributed by atoms with E-state index in [1.165, 1.54) is 6.92 Å². The molecule has 0 bridgehead atoms. The lowest BCUT2D eigenvalue weighted by atomic mass is 10.1. The Bertz CT molecular complexity index is 522. The molecular formula is C16H16O3. The fourth-order valence-electron chi connectivity index (χ4n) is 1.81. The average Bonchev–Trinajstić information content (AvgIpc) is 2.40. The molecule has 98 valence electrons. The molecule has 0 N–H and O–H groups in total.